The van der Waals surface area contributed by atoms with Crippen LogP contribution in [0, 0.1) is 18.7 Å². The first kappa shape index (κ1) is 23.1. The predicted molar refractivity (Wildman–Crippen MR) is 113 cm³/mol. The van der Waals surface area contributed by atoms with Crippen molar-refractivity contribution in [3.05, 3.63) is 53.1 Å². The molecule has 1 saturated heterocycles. The number of halogens is 1. The molecule has 1 aliphatic rings. The van der Waals surface area contributed by atoms with Crippen LogP contribution in [-0.4, -0.2) is 46.5 Å². The number of benzene rings is 1. The normalized spacial score (nSPS) is 23.4. The van der Waals surface area contributed by atoms with E-state index in [2.05, 4.69) is 10.3 Å². The Morgan fingerprint density at radius 2 is 2.06 bits per heavy atom. The number of nitrogens with one attached hydrogen (secondary N) is 1. The maximum atomic E-state index is 14.1. The third-order valence-electron chi connectivity index (χ3n) is 6.15. The van der Waals surface area contributed by atoms with Gasteiger partial charge >= 0.3 is 0 Å². The zero-order valence-corrected chi connectivity index (χ0v) is 18.3. The average Bonchev–Trinajstić information content (AvgIpc) is 2.99. The van der Waals surface area contributed by atoms with Crippen LogP contribution in [-0.2, 0) is 9.53 Å². The lowest BCUT2D eigenvalue weighted by molar-refractivity contribution is -0.131. The van der Waals surface area contributed by atoms with Crippen molar-refractivity contribution in [1.29, 1.82) is 0 Å². The molecule has 0 saturated carbocycles. The Morgan fingerprint density at radius 3 is 2.65 bits per heavy atom. The molecule has 31 heavy (non-hydrogen) atoms. The summed E-state index contributed by atoms with van der Waals surface area (Å²) in [7, 11) is 1.49. The summed E-state index contributed by atoms with van der Waals surface area (Å²) in [6, 6.07) is 6.16. The molecule has 3 N–H and O–H groups in total. The van der Waals surface area contributed by atoms with E-state index in [1.807, 2.05) is 20.8 Å². The van der Waals surface area contributed by atoms with E-state index in [1.54, 1.807) is 19.1 Å². The van der Waals surface area contributed by atoms with Crippen LogP contribution >= 0.6 is 0 Å². The smallest absolute Gasteiger partial charge is 0.254 e. The molecule has 1 amide bonds. The van der Waals surface area contributed by atoms with Crippen molar-refractivity contribution in [2.24, 2.45) is 5.92 Å². The van der Waals surface area contributed by atoms with Crippen LogP contribution in [0.3, 0.4) is 0 Å². The van der Waals surface area contributed by atoms with Crippen LogP contribution in [0.25, 0.3) is 0 Å². The summed E-state index contributed by atoms with van der Waals surface area (Å²) in [6.45, 7) is 7.05. The maximum absolute atomic E-state index is 14.1. The fourth-order valence-corrected chi connectivity index (χ4v) is 4.06. The molecule has 4 atom stereocenters. The van der Waals surface area contributed by atoms with Crippen molar-refractivity contribution in [1.82, 2.24) is 4.98 Å². The number of hydrogen-bond donors (Lipinski definition) is 3. The molecule has 0 unspecified atom stereocenters. The Bertz CT molecular complexity index is 948. The summed E-state index contributed by atoms with van der Waals surface area (Å²) in [4.78, 5) is 17.3. The topological polar surface area (TPSA) is 101 Å². The lowest BCUT2D eigenvalue weighted by Gasteiger charge is -2.26. The van der Waals surface area contributed by atoms with Gasteiger partial charge in [0.2, 0.25) is 0 Å². The highest BCUT2D eigenvalue weighted by atomic mass is 19.1. The average molecular weight is 432 g/mol. The van der Waals surface area contributed by atoms with Crippen molar-refractivity contribution < 1.29 is 28.9 Å². The Labute approximate surface area is 181 Å². The molecule has 1 fully saturated rings. The van der Waals surface area contributed by atoms with Gasteiger partial charge in [-0.1, -0.05) is 13.0 Å². The number of nitrogens with zero attached hydrogens (tertiary/aromatic N) is 1. The number of carbonyl (C=O) groups excluding carboxylic acids is 1. The molecule has 1 aromatic heterocycles. The maximum Gasteiger partial charge on any atom is 0.254 e. The lowest BCUT2D eigenvalue weighted by Crippen LogP contribution is -2.33. The number of pyridine rings is 1. The number of aliphatic hydroxyl groups is 2. The number of aromatic nitrogens is 1. The molecular formula is C23H29FN2O5. The SMILES string of the molecule is COc1c([C@@H]2[C@@H](C(=O)Nc3ccc([C@@H](O)CO)nc3)OC(C)(C)[C@@H]2C)ccc(F)c1C. The number of methoxy groups -OCH3 is 1. The van der Waals surface area contributed by atoms with Gasteiger partial charge in [0.05, 0.1) is 36.9 Å². The first-order chi connectivity index (χ1) is 14.6. The molecule has 0 bridgehead atoms. The van der Waals surface area contributed by atoms with E-state index in [4.69, 9.17) is 14.6 Å². The Kier molecular flexibility index (Phi) is 6.64. The van der Waals surface area contributed by atoms with E-state index in [0.29, 0.717) is 22.7 Å². The summed E-state index contributed by atoms with van der Waals surface area (Å²) < 4.78 is 25.8. The molecule has 8 heteroatoms. The van der Waals surface area contributed by atoms with E-state index < -0.39 is 24.4 Å². The monoisotopic (exact) mass is 432 g/mol. The molecule has 2 aromatic rings. The number of rotatable bonds is 6. The fraction of sp³-hybridized carbons (Fsp3) is 0.478. The summed E-state index contributed by atoms with van der Waals surface area (Å²) in [6.07, 6.45) is -0.498. The predicted octanol–water partition coefficient (Wildman–Crippen LogP) is 3.10. The van der Waals surface area contributed by atoms with Crippen LogP contribution in [0.5, 0.6) is 5.75 Å². The number of amides is 1. The van der Waals surface area contributed by atoms with Crippen LogP contribution in [0.1, 0.15) is 49.6 Å². The molecule has 1 aromatic carbocycles. The Morgan fingerprint density at radius 1 is 1.35 bits per heavy atom. The molecule has 168 valence electrons. The second-order valence-corrected chi connectivity index (χ2v) is 8.41. The summed E-state index contributed by atoms with van der Waals surface area (Å²) in [5.74, 6) is -0.720. The number of hydrogen-bond acceptors (Lipinski definition) is 6. The summed E-state index contributed by atoms with van der Waals surface area (Å²) >= 11 is 0. The van der Waals surface area contributed by atoms with Gasteiger partial charge in [0, 0.05) is 17.0 Å². The van der Waals surface area contributed by atoms with Gasteiger partial charge in [0.15, 0.2) is 0 Å². The van der Waals surface area contributed by atoms with Crippen molar-refractivity contribution >= 4 is 11.6 Å². The standard InChI is InChI=1S/C23H29FN2O5/c1-12-16(24)8-7-15(20(12)30-5)19-13(2)23(3,4)31-21(19)22(29)26-14-6-9-17(25-10-14)18(28)11-27/h6-10,13,18-19,21,27-28H,11H2,1-5H3,(H,26,29)/t13-,18+,19-,21+/m1/s1. The van der Waals surface area contributed by atoms with Gasteiger partial charge in [0.25, 0.3) is 5.91 Å². The van der Waals surface area contributed by atoms with E-state index in [9.17, 15) is 14.3 Å². The van der Waals surface area contributed by atoms with Gasteiger partial charge in [-0.2, -0.15) is 0 Å². The molecule has 0 spiro atoms. The van der Waals surface area contributed by atoms with Crippen LogP contribution in [0.2, 0.25) is 0 Å². The number of aliphatic hydroxyl groups excluding tert-OH is 2. The van der Waals surface area contributed by atoms with Crippen LogP contribution < -0.4 is 10.1 Å². The van der Waals surface area contributed by atoms with Crippen LogP contribution in [0.4, 0.5) is 10.1 Å². The van der Waals surface area contributed by atoms with Gasteiger partial charge in [0.1, 0.15) is 23.8 Å². The van der Waals surface area contributed by atoms with Gasteiger partial charge < -0.3 is 25.0 Å². The quantitative estimate of drug-likeness (QED) is 0.649. The largest absolute Gasteiger partial charge is 0.496 e. The minimum atomic E-state index is -1.08. The van der Waals surface area contributed by atoms with E-state index >= 15 is 0 Å². The zero-order chi connectivity index (χ0) is 22.9. The number of ether oxygens (including phenoxy) is 2. The van der Waals surface area contributed by atoms with Crippen molar-refractivity contribution in [3.8, 4) is 5.75 Å². The van der Waals surface area contributed by atoms with Gasteiger partial charge in [-0.3, -0.25) is 9.78 Å². The molecular weight excluding hydrogens is 403 g/mol. The highest BCUT2D eigenvalue weighted by Crippen LogP contribution is 2.49. The van der Waals surface area contributed by atoms with Crippen molar-refractivity contribution in [2.45, 2.75) is 51.4 Å². The van der Waals surface area contributed by atoms with Gasteiger partial charge in [-0.05, 0) is 44.9 Å². The van der Waals surface area contributed by atoms with Crippen molar-refractivity contribution in [3.63, 3.8) is 0 Å². The lowest BCUT2D eigenvalue weighted by atomic mass is 9.77. The summed E-state index contributed by atoms with van der Waals surface area (Å²) in [5.41, 5.74) is 1.25. The minimum absolute atomic E-state index is 0.0535. The molecule has 0 radical (unpaired) electrons. The highest BCUT2D eigenvalue weighted by Gasteiger charge is 2.51. The van der Waals surface area contributed by atoms with Crippen LogP contribution in [0.15, 0.2) is 30.5 Å². The second-order valence-electron chi connectivity index (χ2n) is 8.41. The Balaban J connectivity index is 1.91. The number of carbonyl (C=O) groups is 1. The third kappa shape index (κ3) is 4.42. The number of anilines is 1. The first-order valence-electron chi connectivity index (χ1n) is 10.2. The van der Waals surface area contributed by atoms with Gasteiger partial charge in [-0.25, -0.2) is 4.39 Å². The fourth-order valence-electron chi connectivity index (χ4n) is 4.06. The van der Waals surface area contributed by atoms with Crippen molar-refractivity contribution in [2.75, 3.05) is 19.0 Å². The van der Waals surface area contributed by atoms with E-state index in [-0.39, 0.29) is 23.6 Å². The highest BCUT2D eigenvalue weighted by molar-refractivity contribution is 5.95. The van der Waals surface area contributed by atoms with E-state index in [0.717, 1.165) is 5.56 Å². The second kappa shape index (κ2) is 8.90. The molecule has 3 rings (SSSR count). The molecule has 2 heterocycles. The Hall–Kier alpha value is -2.55. The third-order valence-corrected chi connectivity index (χ3v) is 6.15. The first-order valence-corrected chi connectivity index (χ1v) is 10.2. The zero-order valence-electron chi connectivity index (χ0n) is 18.3. The summed E-state index contributed by atoms with van der Waals surface area (Å²) in [5, 5.41) is 21.5. The minimum Gasteiger partial charge on any atom is -0.496 e. The van der Waals surface area contributed by atoms with Gasteiger partial charge in [-0.15, -0.1) is 0 Å². The van der Waals surface area contributed by atoms with E-state index in [1.165, 1.54) is 25.4 Å². The molecule has 0 aliphatic carbocycles. The molecule has 7 nitrogen and oxygen atoms in total. The molecule has 1 aliphatic heterocycles.